The van der Waals surface area contributed by atoms with E-state index in [1.54, 1.807) is 11.2 Å². The van der Waals surface area contributed by atoms with E-state index >= 15 is 0 Å². The fraction of sp³-hybridized carbons (Fsp3) is 0.483. The van der Waals surface area contributed by atoms with Crippen molar-refractivity contribution >= 4 is 11.6 Å². The predicted octanol–water partition coefficient (Wildman–Crippen LogP) is 3.39. The van der Waals surface area contributed by atoms with Gasteiger partial charge in [-0.3, -0.25) is 9.80 Å². The van der Waals surface area contributed by atoms with Gasteiger partial charge >= 0.3 is 0 Å². The second-order valence-electron chi connectivity index (χ2n) is 10.4. The van der Waals surface area contributed by atoms with Gasteiger partial charge in [0, 0.05) is 44.1 Å². The Morgan fingerprint density at radius 1 is 1.13 bits per heavy atom. The molecular formula is C29H38F2N4O4. The van der Waals surface area contributed by atoms with Crippen molar-refractivity contribution in [3.63, 3.8) is 0 Å². The summed E-state index contributed by atoms with van der Waals surface area (Å²) in [6.07, 6.45) is 5.34. The first kappa shape index (κ1) is 29.1. The number of amides is 1. The molecule has 2 unspecified atom stereocenters. The Morgan fingerprint density at radius 2 is 1.79 bits per heavy atom. The number of allylic oxidation sites excluding steroid dienone is 1. The summed E-state index contributed by atoms with van der Waals surface area (Å²) in [5, 5.41) is 19.1. The highest BCUT2D eigenvalue weighted by molar-refractivity contribution is 5.73. The normalized spacial score (nSPS) is 19.7. The number of carbonyl (C=O) groups excluding carboxylic acids is 1. The Bertz CT molecular complexity index is 1140. The van der Waals surface area contributed by atoms with Crippen molar-refractivity contribution in [2.75, 3.05) is 24.8 Å². The van der Waals surface area contributed by atoms with Gasteiger partial charge in [0.05, 0.1) is 31.0 Å². The zero-order chi connectivity index (χ0) is 28.0. The standard InChI is InChI=1S/C29H38F2N4O4/c1-3-11-35(32)25-6-4-5-22(17-25)28(7-9-29(10-8-28)38-12-13-39-29)33-19-27(37)26(34-20(2)36)16-21-14-23(30)18-24(31)15-21/h3-6,11,14-15,17-18,26-27,33,37H,7-10,12-13,16,19,32H2,1-2H3,(H,34,36)/b11-3-. The van der Waals surface area contributed by atoms with Crippen LogP contribution < -0.4 is 21.5 Å². The van der Waals surface area contributed by atoms with E-state index in [0.29, 0.717) is 44.5 Å². The lowest BCUT2D eigenvalue weighted by molar-refractivity contribution is -0.187. The van der Waals surface area contributed by atoms with E-state index in [-0.39, 0.29) is 18.9 Å². The minimum Gasteiger partial charge on any atom is -0.390 e. The molecule has 1 saturated carbocycles. The number of ether oxygens (including phenoxy) is 2. The molecule has 2 aromatic rings. The zero-order valence-corrected chi connectivity index (χ0v) is 22.5. The van der Waals surface area contributed by atoms with E-state index in [2.05, 4.69) is 10.6 Å². The first-order chi connectivity index (χ1) is 18.6. The molecule has 5 N–H and O–H groups in total. The molecule has 8 nitrogen and oxygen atoms in total. The number of nitrogens with two attached hydrogens (primary N) is 1. The smallest absolute Gasteiger partial charge is 0.217 e. The van der Waals surface area contributed by atoms with Gasteiger partial charge in [-0.2, -0.15) is 0 Å². The van der Waals surface area contributed by atoms with Gasteiger partial charge in [0.15, 0.2) is 5.79 Å². The summed E-state index contributed by atoms with van der Waals surface area (Å²) in [6, 6.07) is 10.4. The number of hydrazine groups is 1. The van der Waals surface area contributed by atoms with Crippen LogP contribution in [0.25, 0.3) is 0 Å². The van der Waals surface area contributed by atoms with Crippen LogP contribution in [0.15, 0.2) is 54.7 Å². The van der Waals surface area contributed by atoms with Crippen LogP contribution in [0.4, 0.5) is 14.5 Å². The van der Waals surface area contributed by atoms with Crippen LogP contribution in [-0.4, -0.2) is 48.7 Å². The number of halogens is 2. The molecule has 1 amide bonds. The van der Waals surface area contributed by atoms with E-state index < -0.39 is 35.1 Å². The average Bonchev–Trinajstić information content (AvgIpc) is 3.35. The summed E-state index contributed by atoms with van der Waals surface area (Å²) in [5.41, 5.74) is 1.63. The molecule has 0 bridgehead atoms. The highest BCUT2D eigenvalue weighted by Gasteiger charge is 2.47. The molecular weight excluding hydrogens is 506 g/mol. The van der Waals surface area contributed by atoms with Crippen LogP contribution in [0.1, 0.15) is 50.7 Å². The van der Waals surface area contributed by atoms with Crippen molar-refractivity contribution in [3.05, 3.63) is 77.5 Å². The third kappa shape index (κ3) is 7.20. The van der Waals surface area contributed by atoms with Crippen LogP contribution in [0.3, 0.4) is 0 Å². The van der Waals surface area contributed by atoms with E-state index in [1.165, 1.54) is 19.1 Å². The van der Waals surface area contributed by atoms with Crippen LogP contribution in [0, 0.1) is 11.6 Å². The van der Waals surface area contributed by atoms with Gasteiger partial charge in [0.1, 0.15) is 11.6 Å². The Labute approximate surface area is 228 Å². The molecule has 10 heteroatoms. The van der Waals surface area contributed by atoms with E-state index in [9.17, 15) is 18.7 Å². The SMILES string of the molecule is C/C=C\N(N)c1cccc(C2(NCC(O)C(Cc3cc(F)cc(F)c3)NC(C)=O)CCC3(CC2)OCCO3)c1. The Morgan fingerprint density at radius 3 is 2.41 bits per heavy atom. The third-order valence-corrected chi connectivity index (χ3v) is 7.57. The molecule has 1 aliphatic carbocycles. The number of hydrogen-bond donors (Lipinski definition) is 4. The van der Waals surface area contributed by atoms with Crippen LogP contribution >= 0.6 is 0 Å². The number of aliphatic hydroxyl groups is 1. The van der Waals surface area contributed by atoms with Crippen LogP contribution in [-0.2, 0) is 26.2 Å². The van der Waals surface area contributed by atoms with Crippen molar-refractivity contribution in [1.29, 1.82) is 0 Å². The van der Waals surface area contributed by atoms with Gasteiger partial charge in [-0.25, -0.2) is 14.6 Å². The number of carbonyl (C=O) groups is 1. The minimum atomic E-state index is -1.04. The number of rotatable bonds is 10. The summed E-state index contributed by atoms with van der Waals surface area (Å²) >= 11 is 0. The maximum Gasteiger partial charge on any atom is 0.217 e. The fourth-order valence-electron chi connectivity index (χ4n) is 5.59. The van der Waals surface area contributed by atoms with Gasteiger partial charge in [-0.15, -0.1) is 0 Å². The number of nitrogens with one attached hydrogen (secondary N) is 2. The molecule has 4 rings (SSSR count). The molecule has 2 atom stereocenters. The number of hydrogen-bond acceptors (Lipinski definition) is 7. The molecule has 39 heavy (non-hydrogen) atoms. The van der Waals surface area contributed by atoms with Gasteiger partial charge in [0.2, 0.25) is 5.91 Å². The molecule has 1 saturated heterocycles. The summed E-state index contributed by atoms with van der Waals surface area (Å²) in [6.45, 7) is 4.50. The number of nitrogens with zero attached hydrogens (tertiary/aromatic N) is 1. The van der Waals surface area contributed by atoms with Crippen molar-refractivity contribution in [2.24, 2.45) is 5.84 Å². The lowest BCUT2D eigenvalue weighted by atomic mass is 9.74. The monoisotopic (exact) mass is 544 g/mol. The van der Waals surface area contributed by atoms with E-state index in [4.69, 9.17) is 15.3 Å². The number of aliphatic hydroxyl groups excluding tert-OH is 1. The predicted molar refractivity (Wildman–Crippen MR) is 144 cm³/mol. The van der Waals surface area contributed by atoms with Gasteiger partial charge in [-0.1, -0.05) is 18.2 Å². The molecule has 2 fully saturated rings. The third-order valence-electron chi connectivity index (χ3n) is 7.57. The highest BCUT2D eigenvalue weighted by Crippen LogP contribution is 2.45. The molecule has 1 heterocycles. The molecule has 0 radical (unpaired) electrons. The van der Waals surface area contributed by atoms with Gasteiger partial charge < -0.3 is 25.2 Å². The second kappa shape index (κ2) is 12.5. The Hall–Kier alpha value is -2.89. The quantitative estimate of drug-likeness (QED) is 0.268. The number of anilines is 1. The van der Waals surface area contributed by atoms with Crippen LogP contribution in [0.5, 0.6) is 0 Å². The van der Waals surface area contributed by atoms with Gasteiger partial charge in [0.25, 0.3) is 0 Å². The number of benzene rings is 2. The zero-order valence-electron chi connectivity index (χ0n) is 22.5. The molecule has 0 aromatic heterocycles. The molecule has 1 spiro atoms. The topological polar surface area (TPSA) is 109 Å². The Kier molecular flexibility index (Phi) is 9.35. The van der Waals surface area contributed by atoms with Crippen molar-refractivity contribution in [1.82, 2.24) is 10.6 Å². The summed E-state index contributed by atoms with van der Waals surface area (Å²) in [7, 11) is 0. The molecule has 1 aliphatic heterocycles. The van der Waals surface area contributed by atoms with Crippen molar-refractivity contribution in [3.8, 4) is 0 Å². The van der Waals surface area contributed by atoms with E-state index in [0.717, 1.165) is 17.3 Å². The maximum absolute atomic E-state index is 13.8. The lowest BCUT2D eigenvalue weighted by Gasteiger charge is -2.45. The fourth-order valence-corrected chi connectivity index (χ4v) is 5.59. The molecule has 212 valence electrons. The lowest BCUT2D eigenvalue weighted by Crippen LogP contribution is -2.55. The van der Waals surface area contributed by atoms with Crippen molar-refractivity contribution < 1.29 is 28.2 Å². The first-order valence-corrected chi connectivity index (χ1v) is 13.3. The summed E-state index contributed by atoms with van der Waals surface area (Å²) < 4.78 is 39.5. The highest BCUT2D eigenvalue weighted by atomic mass is 19.1. The molecule has 2 aliphatic rings. The Balaban J connectivity index is 1.56. The van der Waals surface area contributed by atoms with Crippen molar-refractivity contribution in [2.45, 2.75) is 69.4 Å². The van der Waals surface area contributed by atoms with Gasteiger partial charge in [-0.05, 0) is 61.6 Å². The minimum absolute atomic E-state index is 0.0653. The second-order valence-corrected chi connectivity index (χ2v) is 10.4. The largest absolute Gasteiger partial charge is 0.390 e. The summed E-state index contributed by atoms with van der Waals surface area (Å²) in [4.78, 5) is 11.9. The van der Waals surface area contributed by atoms with E-state index in [1.807, 2.05) is 37.3 Å². The maximum atomic E-state index is 13.8. The molecule has 2 aromatic carbocycles. The van der Waals surface area contributed by atoms with Crippen LogP contribution in [0.2, 0.25) is 0 Å². The summed E-state index contributed by atoms with van der Waals surface area (Å²) in [5.74, 6) is 3.84. The first-order valence-electron chi connectivity index (χ1n) is 13.3. The average molecular weight is 545 g/mol.